The molecule has 1 amide bonds. The van der Waals surface area contributed by atoms with Gasteiger partial charge in [-0.1, -0.05) is 0 Å². The summed E-state index contributed by atoms with van der Waals surface area (Å²) in [5.74, 6) is 0.0907. The van der Waals surface area contributed by atoms with E-state index in [-0.39, 0.29) is 24.2 Å². The number of likely N-dealkylation sites (tertiary alicyclic amines) is 1. The van der Waals surface area contributed by atoms with Crippen molar-refractivity contribution in [2.75, 3.05) is 26.8 Å². The third-order valence-corrected chi connectivity index (χ3v) is 4.61. The first kappa shape index (κ1) is 14.5. The molecule has 2 saturated heterocycles. The van der Waals surface area contributed by atoms with Crippen LogP contribution >= 0.6 is 0 Å². The van der Waals surface area contributed by atoms with Gasteiger partial charge in [-0.3, -0.25) is 9.48 Å². The second kappa shape index (κ2) is 5.77. The number of aromatic nitrogens is 2. The zero-order valence-corrected chi connectivity index (χ0v) is 12.7. The Morgan fingerprint density at radius 1 is 1.57 bits per heavy atom. The summed E-state index contributed by atoms with van der Waals surface area (Å²) in [5, 5.41) is 4.17. The van der Waals surface area contributed by atoms with Gasteiger partial charge in [-0.25, -0.2) is 0 Å². The van der Waals surface area contributed by atoms with Crippen molar-refractivity contribution in [3.05, 3.63) is 18.0 Å². The van der Waals surface area contributed by atoms with Gasteiger partial charge in [-0.2, -0.15) is 5.10 Å². The molecule has 1 aromatic heterocycles. The number of aryl methyl sites for hydroxylation is 1. The van der Waals surface area contributed by atoms with E-state index < -0.39 is 0 Å². The van der Waals surface area contributed by atoms with E-state index in [0.29, 0.717) is 6.54 Å². The van der Waals surface area contributed by atoms with Gasteiger partial charge >= 0.3 is 0 Å². The van der Waals surface area contributed by atoms with Gasteiger partial charge in [0.25, 0.3) is 0 Å². The second-order valence-corrected chi connectivity index (χ2v) is 6.05. The number of nitrogens with zero attached hydrogens (tertiary/aromatic N) is 3. The van der Waals surface area contributed by atoms with E-state index in [1.165, 1.54) is 0 Å². The average molecular weight is 293 g/mol. The van der Waals surface area contributed by atoms with Crippen LogP contribution in [-0.4, -0.2) is 59.1 Å². The Labute approximate surface area is 125 Å². The lowest BCUT2D eigenvalue weighted by atomic mass is 9.86. The zero-order chi connectivity index (χ0) is 14.9. The van der Waals surface area contributed by atoms with E-state index in [1.54, 1.807) is 18.0 Å². The summed E-state index contributed by atoms with van der Waals surface area (Å²) in [7, 11) is 1.71. The maximum atomic E-state index is 12.4. The smallest absolute Gasteiger partial charge is 0.244 e. The predicted molar refractivity (Wildman–Crippen MR) is 76.9 cm³/mol. The molecule has 3 heterocycles. The van der Waals surface area contributed by atoms with Crippen molar-refractivity contribution >= 4 is 5.91 Å². The molecule has 116 valence electrons. The number of ether oxygens (including phenoxy) is 2. The van der Waals surface area contributed by atoms with Crippen molar-refractivity contribution in [2.45, 2.75) is 44.4 Å². The molecule has 0 bridgehead atoms. The fraction of sp³-hybridized carbons (Fsp3) is 0.733. The van der Waals surface area contributed by atoms with Crippen LogP contribution < -0.4 is 0 Å². The highest BCUT2D eigenvalue weighted by Gasteiger charge is 2.47. The first-order valence-corrected chi connectivity index (χ1v) is 7.56. The molecule has 2 atom stereocenters. The Bertz CT molecular complexity index is 508. The lowest BCUT2D eigenvalue weighted by molar-refractivity contribution is -0.159. The molecule has 1 spiro atoms. The van der Waals surface area contributed by atoms with Crippen LogP contribution in [0.3, 0.4) is 0 Å². The van der Waals surface area contributed by atoms with Gasteiger partial charge in [0.15, 0.2) is 0 Å². The highest BCUT2D eigenvalue weighted by molar-refractivity contribution is 5.76. The van der Waals surface area contributed by atoms with Crippen molar-refractivity contribution in [2.24, 2.45) is 0 Å². The molecule has 2 aliphatic heterocycles. The van der Waals surface area contributed by atoms with Gasteiger partial charge in [0.05, 0.1) is 11.8 Å². The maximum Gasteiger partial charge on any atom is 0.244 e. The minimum Gasteiger partial charge on any atom is -0.377 e. The summed E-state index contributed by atoms with van der Waals surface area (Å²) in [6, 6.07) is 0. The van der Waals surface area contributed by atoms with Crippen molar-refractivity contribution in [3.8, 4) is 0 Å². The molecule has 2 aliphatic rings. The third kappa shape index (κ3) is 2.82. The van der Waals surface area contributed by atoms with E-state index in [2.05, 4.69) is 5.10 Å². The topological polar surface area (TPSA) is 56.6 Å². The molecular weight excluding hydrogens is 270 g/mol. The summed E-state index contributed by atoms with van der Waals surface area (Å²) in [6.45, 7) is 4.41. The minimum absolute atomic E-state index is 0.0305. The lowest BCUT2D eigenvalue weighted by Gasteiger charge is -2.44. The van der Waals surface area contributed by atoms with E-state index in [0.717, 1.165) is 38.0 Å². The standard InChI is InChI=1S/C15H23N3O3/c1-12-8-16-18(9-12)11-14(19)17-6-5-15(4-3-7-21-15)13(10-17)20-2/h8-9,13H,3-7,10-11H2,1-2H3/t13-,15-/m0/s1. The lowest BCUT2D eigenvalue weighted by Crippen LogP contribution is -2.57. The fourth-order valence-corrected chi connectivity index (χ4v) is 3.42. The number of carbonyl (C=O) groups excluding carboxylic acids is 1. The van der Waals surface area contributed by atoms with Gasteiger partial charge in [0, 0.05) is 33.0 Å². The number of rotatable bonds is 3. The quantitative estimate of drug-likeness (QED) is 0.834. The highest BCUT2D eigenvalue weighted by Crippen LogP contribution is 2.37. The molecule has 6 nitrogen and oxygen atoms in total. The first-order valence-electron chi connectivity index (χ1n) is 7.56. The van der Waals surface area contributed by atoms with E-state index >= 15 is 0 Å². The largest absolute Gasteiger partial charge is 0.377 e. The Balaban J connectivity index is 1.63. The molecule has 3 rings (SSSR count). The van der Waals surface area contributed by atoms with Crippen LogP contribution in [0.2, 0.25) is 0 Å². The van der Waals surface area contributed by atoms with Gasteiger partial charge in [-0.15, -0.1) is 0 Å². The molecule has 0 radical (unpaired) electrons. The first-order chi connectivity index (χ1) is 10.1. The van der Waals surface area contributed by atoms with Crippen LogP contribution in [-0.2, 0) is 20.8 Å². The van der Waals surface area contributed by atoms with Crippen molar-refractivity contribution in [1.29, 1.82) is 0 Å². The van der Waals surface area contributed by atoms with E-state index in [1.807, 2.05) is 18.0 Å². The summed E-state index contributed by atoms with van der Waals surface area (Å²) >= 11 is 0. The van der Waals surface area contributed by atoms with Crippen LogP contribution in [0.1, 0.15) is 24.8 Å². The fourth-order valence-electron chi connectivity index (χ4n) is 3.42. The average Bonchev–Trinajstić information content (AvgIpc) is 3.09. The number of hydrogen-bond donors (Lipinski definition) is 0. The third-order valence-electron chi connectivity index (χ3n) is 4.61. The number of piperidine rings is 1. The van der Waals surface area contributed by atoms with E-state index in [9.17, 15) is 4.79 Å². The van der Waals surface area contributed by atoms with Gasteiger partial charge < -0.3 is 14.4 Å². The number of methoxy groups -OCH3 is 1. The zero-order valence-electron chi connectivity index (χ0n) is 12.7. The SMILES string of the molecule is CO[C@H]1CN(C(=O)Cn2cc(C)cn2)CC[C@@]12CCCO2. The molecule has 1 aromatic rings. The van der Waals surface area contributed by atoms with Crippen LogP contribution in [0.25, 0.3) is 0 Å². The Kier molecular flexibility index (Phi) is 3.99. The van der Waals surface area contributed by atoms with Crippen molar-refractivity contribution in [3.63, 3.8) is 0 Å². The van der Waals surface area contributed by atoms with Crippen LogP contribution in [0.15, 0.2) is 12.4 Å². The Hall–Kier alpha value is -1.40. The monoisotopic (exact) mass is 293 g/mol. The van der Waals surface area contributed by atoms with Crippen LogP contribution in [0, 0.1) is 6.92 Å². The molecule has 0 aromatic carbocycles. The van der Waals surface area contributed by atoms with Gasteiger partial charge in [0.2, 0.25) is 5.91 Å². The molecule has 6 heteroatoms. The van der Waals surface area contributed by atoms with Crippen LogP contribution in [0.4, 0.5) is 0 Å². The van der Waals surface area contributed by atoms with Crippen molar-refractivity contribution < 1.29 is 14.3 Å². The van der Waals surface area contributed by atoms with Gasteiger partial charge in [-0.05, 0) is 31.7 Å². The predicted octanol–water partition coefficient (Wildman–Crippen LogP) is 0.988. The molecule has 21 heavy (non-hydrogen) atoms. The number of carbonyl (C=O) groups is 1. The Morgan fingerprint density at radius 2 is 2.43 bits per heavy atom. The minimum atomic E-state index is -0.173. The number of hydrogen-bond acceptors (Lipinski definition) is 4. The molecule has 0 unspecified atom stereocenters. The molecular formula is C15H23N3O3. The summed E-state index contributed by atoms with van der Waals surface area (Å²) in [6.07, 6.45) is 6.60. The van der Waals surface area contributed by atoms with Crippen LogP contribution in [0.5, 0.6) is 0 Å². The second-order valence-electron chi connectivity index (χ2n) is 6.05. The summed E-state index contributed by atoms with van der Waals surface area (Å²) < 4.78 is 13.3. The Morgan fingerprint density at radius 3 is 3.05 bits per heavy atom. The molecule has 0 aliphatic carbocycles. The molecule has 2 fully saturated rings. The van der Waals surface area contributed by atoms with E-state index in [4.69, 9.17) is 9.47 Å². The summed E-state index contributed by atoms with van der Waals surface area (Å²) in [5.41, 5.74) is 0.892. The maximum absolute atomic E-state index is 12.4. The van der Waals surface area contributed by atoms with Crippen molar-refractivity contribution in [1.82, 2.24) is 14.7 Å². The highest BCUT2D eigenvalue weighted by atomic mass is 16.5. The van der Waals surface area contributed by atoms with Gasteiger partial charge in [0.1, 0.15) is 12.6 Å². The molecule has 0 N–H and O–H groups in total. The summed E-state index contributed by atoms with van der Waals surface area (Å²) in [4.78, 5) is 14.3. The normalized spacial score (nSPS) is 29.2. The molecule has 0 saturated carbocycles. The number of amides is 1.